The molecule has 0 spiro atoms. The van der Waals surface area contributed by atoms with Crippen LogP contribution in [0.2, 0.25) is 0 Å². The van der Waals surface area contributed by atoms with Gasteiger partial charge in [-0.3, -0.25) is 14.9 Å². The molecule has 1 aliphatic heterocycles. The maximum Gasteiger partial charge on any atom is 0.293 e. The highest BCUT2D eigenvalue weighted by Gasteiger charge is 2.27. The van der Waals surface area contributed by atoms with Crippen LogP contribution in [0.1, 0.15) is 20.1 Å². The van der Waals surface area contributed by atoms with E-state index in [0.717, 1.165) is 9.75 Å². The lowest BCUT2D eigenvalue weighted by Crippen LogP contribution is -2.48. The number of rotatable bonds is 3. The first kappa shape index (κ1) is 16.9. The van der Waals surface area contributed by atoms with Gasteiger partial charge in [0.15, 0.2) is 0 Å². The number of carbonyl (C=O) groups is 1. The Hall–Kier alpha value is -2.92. The third-order valence-electron chi connectivity index (χ3n) is 4.16. The molecule has 1 aromatic heterocycles. The van der Waals surface area contributed by atoms with Gasteiger partial charge < -0.3 is 9.80 Å². The highest BCUT2D eigenvalue weighted by atomic mass is 32.1. The van der Waals surface area contributed by atoms with Crippen molar-refractivity contribution in [3.05, 3.63) is 55.8 Å². The van der Waals surface area contributed by atoms with Crippen LogP contribution in [0.5, 0.6) is 0 Å². The van der Waals surface area contributed by atoms with Gasteiger partial charge in [-0.25, -0.2) is 0 Å². The first-order valence-electron chi connectivity index (χ1n) is 7.79. The smallest absolute Gasteiger partial charge is 0.293 e. The topological polar surface area (TPSA) is 90.5 Å². The monoisotopic (exact) mass is 356 g/mol. The summed E-state index contributed by atoms with van der Waals surface area (Å²) in [4.78, 5) is 28.8. The summed E-state index contributed by atoms with van der Waals surface area (Å²) in [7, 11) is 0. The van der Waals surface area contributed by atoms with E-state index in [0.29, 0.717) is 31.9 Å². The third-order valence-corrected chi connectivity index (χ3v) is 5.15. The van der Waals surface area contributed by atoms with E-state index < -0.39 is 4.92 Å². The maximum atomic E-state index is 12.5. The van der Waals surface area contributed by atoms with Gasteiger partial charge in [-0.15, -0.1) is 11.3 Å². The number of benzene rings is 1. The van der Waals surface area contributed by atoms with Crippen molar-refractivity contribution in [2.45, 2.75) is 6.92 Å². The van der Waals surface area contributed by atoms with Gasteiger partial charge in [-0.05, 0) is 31.2 Å². The zero-order chi connectivity index (χ0) is 18.0. The number of carbonyl (C=O) groups excluding carboxylic acids is 1. The lowest BCUT2D eigenvalue weighted by Gasteiger charge is -2.35. The number of nitro benzene ring substituents is 1. The molecule has 0 N–H and O–H groups in total. The van der Waals surface area contributed by atoms with Crippen LogP contribution in [-0.4, -0.2) is 41.9 Å². The summed E-state index contributed by atoms with van der Waals surface area (Å²) in [6, 6.07) is 10.2. The Bertz CT molecular complexity index is 863. The van der Waals surface area contributed by atoms with Crippen molar-refractivity contribution in [2.24, 2.45) is 0 Å². The molecule has 2 heterocycles. The molecule has 0 bridgehead atoms. The van der Waals surface area contributed by atoms with E-state index in [-0.39, 0.29) is 17.2 Å². The van der Waals surface area contributed by atoms with E-state index in [1.165, 1.54) is 17.4 Å². The summed E-state index contributed by atoms with van der Waals surface area (Å²) in [6.45, 7) is 4.01. The number of nitro groups is 1. The van der Waals surface area contributed by atoms with Gasteiger partial charge >= 0.3 is 0 Å². The normalized spacial score (nSPS) is 14.2. The summed E-state index contributed by atoms with van der Waals surface area (Å²) in [5, 5.41) is 20.2. The van der Waals surface area contributed by atoms with Crippen molar-refractivity contribution < 1.29 is 9.72 Å². The molecule has 7 nitrogen and oxygen atoms in total. The predicted molar refractivity (Wildman–Crippen MR) is 95.0 cm³/mol. The second-order valence-electron chi connectivity index (χ2n) is 5.76. The quantitative estimate of drug-likeness (QED) is 0.623. The molecule has 0 aliphatic carbocycles. The number of nitrogens with zero attached hydrogens (tertiary/aromatic N) is 4. The fraction of sp³-hybridized carbons (Fsp3) is 0.294. The molecule has 0 unspecified atom stereocenters. The zero-order valence-corrected chi connectivity index (χ0v) is 14.5. The third kappa shape index (κ3) is 3.46. The molecule has 8 heteroatoms. The molecule has 128 valence electrons. The van der Waals surface area contributed by atoms with Gasteiger partial charge in [0.05, 0.1) is 21.4 Å². The van der Waals surface area contributed by atoms with E-state index in [4.69, 9.17) is 5.26 Å². The summed E-state index contributed by atoms with van der Waals surface area (Å²) in [6.07, 6.45) is 0. The highest BCUT2D eigenvalue weighted by molar-refractivity contribution is 7.13. The molecule has 0 saturated carbocycles. The molecule has 1 aliphatic rings. The van der Waals surface area contributed by atoms with Crippen LogP contribution in [0, 0.1) is 28.4 Å². The van der Waals surface area contributed by atoms with Crippen molar-refractivity contribution in [3.8, 4) is 6.07 Å². The summed E-state index contributed by atoms with van der Waals surface area (Å²) >= 11 is 1.47. The molecule has 3 rings (SSSR count). The number of piperazine rings is 1. The fourth-order valence-electron chi connectivity index (χ4n) is 2.86. The molecule has 0 atom stereocenters. The fourth-order valence-corrected chi connectivity index (χ4v) is 3.70. The average Bonchev–Trinajstić information content (AvgIpc) is 3.07. The minimum absolute atomic E-state index is 0.00655. The lowest BCUT2D eigenvalue weighted by molar-refractivity contribution is -0.384. The predicted octanol–water partition coefficient (Wildman–Crippen LogP) is 2.80. The minimum atomic E-state index is -0.470. The van der Waals surface area contributed by atoms with Crippen molar-refractivity contribution in [3.63, 3.8) is 0 Å². The largest absolute Gasteiger partial charge is 0.362 e. The molecule has 1 amide bonds. The van der Waals surface area contributed by atoms with Crippen LogP contribution in [0.25, 0.3) is 0 Å². The molecule has 1 fully saturated rings. The minimum Gasteiger partial charge on any atom is -0.362 e. The van der Waals surface area contributed by atoms with Crippen LogP contribution in [0.3, 0.4) is 0 Å². The van der Waals surface area contributed by atoms with Crippen molar-refractivity contribution in [1.29, 1.82) is 5.26 Å². The molecule has 0 radical (unpaired) electrons. The van der Waals surface area contributed by atoms with Crippen LogP contribution >= 0.6 is 11.3 Å². The van der Waals surface area contributed by atoms with Crippen LogP contribution in [0.4, 0.5) is 11.4 Å². The van der Waals surface area contributed by atoms with Crippen LogP contribution in [-0.2, 0) is 0 Å². The zero-order valence-electron chi connectivity index (χ0n) is 13.6. The second-order valence-corrected chi connectivity index (χ2v) is 7.05. The first-order valence-corrected chi connectivity index (χ1v) is 8.60. The lowest BCUT2D eigenvalue weighted by atomic mass is 10.1. The standard InChI is InChI=1S/C17H16N4O3S/c1-12-2-5-16(25-12)17(22)20-8-6-19(7-9-20)14-4-3-13(11-18)10-15(14)21(23)24/h2-5,10H,6-9H2,1H3. The van der Waals surface area contributed by atoms with Gasteiger partial charge in [0.2, 0.25) is 0 Å². The van der Waals surface area contributed by atoms with Crippen LogP contribution in [0.15, 0.2) is 30.3 Å². The van der Waals surface area contributed by atoms with E-state index in [2.05, 4.69) is 0 Å². The Morgan fingerprint density at radius 1 is 1.24 bits per heavy atom. The van der Waals surface area contributed by atoms with E-state index in [9.17, 15) is 14.9 Å². The van der Waals surface area contributed by atoms with Crippen molar-refractivity contribution >= 4 is 28.6 Å². The average molecular weight is 356 g/mol. The molecule has 1 aromatic carbocycles. The number of anilines is 1. The number of nitriles is 1. The van der Waals surface area contributed by atoms with Crippen LogP contribution < -0.4 is 4.90 Å². The molecule has 2 aromatic rings. The Morgan fingerprint density at radius 3 is 2.52 bits per heavy atom. The maximum absolute atomic E-state index is 12.5. The molecule has 1 saturated heterocycles. The second kappa shape index (κ2) is 6.91. The number of hydrogen-bond acceptors (Lipinski definition) is 6. The Morgan fingerprint density at radius 2 is 1.96 bits per heavy atom. The summed E-state index contributed by atoms with van der Waals surface area (Å²) in [5.74, 6) is 0.00655. The summed E-state index contributed by atoms with van der Waals surface area (Å²) < 4.78 is 0. The molecule has 25 heavy (non-hydrogen) atoms. The molecular weight excluding hydrogens is 340 g/mol. The number of amides is 1. The number of hydrogen-bond donors (Lipinski definition) is 0. The van der Waals surface area contributed by atoms with E-state index in [1.807, 2.05) is 30.0 Å². The van der Waals surface area contributed by atoms with Gasteiger partial charge in [0, 0.05) is 37.1 Å². The van der Waals surface area contributed by atoms with Gasteiger partial charge in [-0.2, -0.15) is 5.26 Å². The number of thiophene rings is 1. The van der Waals surface area contributed by atoms with Crippen molar-refractivity contribution in [1.82, 2.24) is 4.90 Å². The SMILES string of the molecule is Cc1ccc(C(=O)N2CCN(c3ccc(C#N)cc3[N+](=O)[O-])CC2)s1. The molecular formula is C17H16N4O3S. The van der Waals surface area contributed by atoms with Gasteiger partial charge in [0.25, 0.3) is 11.6 Å². The van der Waals surface area contributed by atoms with Gasteiger partial charge in [0.1, 0.15) is 5.69 Å². The first-order chi connectivity index (χ1) is 12.0. The Labute approximate surface area is 148 Å². The van der Waals surface area contributed by atoms with E-state index in [1.54, 1.807) is 17.0 Å². The number of aryl methyl sites for hydroxylation is 1. The Balaban J connectivity index is 1.73. The van der Waals surface area contributed by atoms with Crippen molar-refractivity contribution in [2.75, 3.05) is 31.1 Å². The van der Waals surface area contributed by atoms with Gasteiger partial charge in [-0.1, -0.05) is 0 Å². The van der Waals surface area contributed by atoms with E-state index >= 15 is 0 Å². The highest BCUT2D eigenvalue weighted by Crippen LogP contribution is 2.30. The summed E-state index contributed by atoms with van der Waals surface area (Å²) in [5.41, 5.74) is 0.674. The Kier molecular flexibility index (Phi) is 4.67.